The fraction of sp³-hybridized carbons (Fsp3) is 0.154. The summed E-state index contributed by atoms with van der Waals surface area (Å²) in [5.41, 5.74) is 1.62. The van der Waals surface area contributed by atoms with Crippen LogP contribution in [0.1, 0.15) is 21.6 Å². The van der Waals surface area contributed by atoms with Crippen LogP contribution in [0.2, 0.25) is 0 Å². The Morgan fingerprint density at radius 1 is 1.37 bits per heavy atom. The van der Waals surface area contributed by atoms with Crippen LogP contribution in [0.3, 0.4) is 0 Å². The standard InChI is InChI=1S/C13H11BrN2O3/c1-7-5-8(2)12(9(14)6-7)16-4-3-10(17)11(15-16)13(18)19/h3-6H,1-2H3,(H,18,19). The molecule has 2 rings (SSSR count). The van der Waals surface area contributed by atoms with E-state index in [1.807, 2.05) is 26.0 Å². The molecule has 0 aliphatic rings. The Morgan fingerprint density at radius 3 is 2.63 bits per heavy atom. The molecule has 0 aliphatic heterocycles. The Balaban J connectivity index is 2.70. The highest BCUT2D eigenvalue weighted by molar-refractivity contribution is 9.10. The first-order valence-electron chi connectivity index (χ1n) is 5.50. The van der Waals surface area contributed by atoms with Crippen LogP contribution in [0.25, 0.3) is 5.69 Å². The lowest BCUT2D eigenvalue weighted by Crippen LogP contribution is -2.20. The van der Waals surface area contributed by atoms with Gasteiger partial charge in [-0.1, -0.05) is 6.07 Å². The zero-order valence-corrected chi connectivity index (χ0v) is 11.9. The molecule has 1 aromatic carbocycles. The Labute approximate surface area is 117 Å². The normalized spacial score (nSPS) is 10.5. The van der Waals surface area contributed by atoms with Gasteiger partial charge in [0.05, 0.1) is 5.69 Å². The van der Waals surface area contributed by atoms with Crippen LogP contribution in [-0.2, 0) is 0 Å². The molecule has 0 aliphatic carbocycles. The minimum atomic E-state index is -1.33. The van der Waals surface area contributed by atoms with Gasteiger partial charge in [0.15, 0.2) is 0 Å². The second-order valence-electron chi connectivity index (χ2n) is 4.19. The van der Waals surface area contributed by atoms with E-state index in [0.717, 1.165) is 15.6 Å². The molecule has 19 heavy (non-hydrogen) atoms. The van der Waals surface area contributed by atoms with Crippen LogP contribution in [0.5, 0.6) is 0 Å². The molecule has 5 nitrogen and oxygen atoms in total. The molecule has 0 bridgehead atoms. The van der Waals surface area contributed by atoms with Crippen LogP contribution in [0, 0.1) is 13.8 Å². The lowest BCUT2D eigenvalue weighted by atomic mass is 10.1. The van der Waals surface area contributed by atoms with E-state index in [2.05, 4.69) is 21.0 Å². The fourth-order valence-electron chi connectivity index (χ4n) is 1.88. The number of rotatable bonds is 2. The zero-order valence-electron chi connectivity index (χ0n) is 10.3. The second kappa shape index (κ2) is 4.97. The number of aromatic carboxylic acids is 1. The van der Waals surface area contributed by atoms with E-state index in [1.165, 1.54) is 16.9 Å². The molecule has 2 aromatic rings. The minimum absolute atomic E-state index is 0.491. The van der Waals surface area contributed by atoms with E-state index in [9.17, 15) is 9.59 Å². The SMILES string of the molecule is Cc1cc(C)c(-n2ccc(=O)c(C(=O)O)n2)c(Br)c1. The van der Waals surface area contributed by atoms with Gasteiger partial charge in [0, 0.05) is 16.7 Å². The molecule has 0 saturated carbocycles. The van der Waals surface area contributed by atoms with Crippen LogP contribution in [0.4, 0.5) is 0 Å². The van der Waals surface area contributed by atoms with E-state index in [1.54, 1.807) is 0 Å². The first kappa shape index (κ1) is 13.5. The molecule has 0 spiro atoms. The summed E-state index contributed by atoms with van der Waals surface area (Å²) < 4.78 is 2.18. The minimum Gasteiger partial charge on any atom is -0.476 e. The van der Waals surface area contributed by atoms with Gasteiger partial charge in [-0.2, -0.15) is 5.10 Å². The van der Waals surface area contributed by atoms with Gasteiger partial charge in [0.2, 0.25) is 11.1 Å². The number of hydrogen-bond acceptors (Lipinski definition) is 3. The molecule has 0 fully saturated rings. The van der Waals surface area contributed by atoms with Gasteiger partial charge >= 0.3 is 5.97 Å². The molecule has 0 radical (unpaired) electrons. The number of carboxylic acids is 1. The van der Waals surface area contributed by atoms with E-state index in [-0.39, 0.29) is 0 Å². The van der Waals surface area contributed by atoms with Gasteiger partial charge < -0.3 is 5.11 Å². The average Bonchev–Trinajstić information content (AvgIpc) is 2.29. The van der Waals surface area contributed by atoms with Crippen molar-refractivity contribution >= 4 is 21.9 Å². The van der Waals surface area contributed by atoms with Crippen LogP contribution >= 0.6 is 15.9 Å². The lowest BCUT2D eigenvalue weighted by Gasteiger charge is -2.12. The topological polar surface area (TPSA) is 72.2 Å². The number of benzene rings is 1. The van der Waals surface area contributed by atoms with Crippen molar-refractivity contribution in [3.05, 3.63) is 55.9 Å². The van der Waals surface area contributed by atoms with Crippen molar-refractivity contribution in [2.24, 2.45) is 0 Å². The first-order chi connectivity index (χ1) is 8.90. The van der Waals surface area contributed by atoms with Gasteiger partial charge in [-0.3, -0.25) is 4.79 Å². The molecular formula is C13H11BrN2O3. The molecule has 98 valence electrons. The van der Waals surface area contributed by atoms with E-state index in [4.69, 9.17) is 5.11 Å². The van der Waals surface area contributed by atoms with Crippen molar-refractivity contribution in [2.45, 2.75) is 13.8 Å². The Kier molecular flexibility index (Phi) is 3.53. The summed E-state index contributed by atoms with van der Waals surface area (Å²) >= 11 is 3.43. The number of halogens is 1. The maximum absolute atomic E-state index is 11.4. The smallest absolute Gasteiger partial charge is 0.360 e. The number of hydrogen-bond donors (Lipinski definition) is 1. The summed E-state index contributed by atoms with van der Waals surface area (Å²) in [6.07, 6.45) is 1.46. The molecular weight excluding hydrogens is 312 g/mol. The highest BCUT2D eigenvalue weighted by atomic mass is 79.9. The van der Waals surface area contributed by atoms with Crippen LogP contribution < -0.4 is 5.43 Å². The van der Waals surface area contributed by atoms with E-state index >= 15 is 0 Å². The highest BCUT2D eigenvalue weighted by Gasteiger charge is 2.13. The average molecular weight is 323 g/mol. The van der Waals surface area contributed by atoms with Gasteiger partial charge in [-0.15, -0.1) is 0 Å². The van der Waals surface area contributed by atoms with E-state index < -0.39 is 17.1 Å². The van der Waals surface area contributed by atoms with Gasteiger partial charge in [-0.25, -0.2) is 9.48 Å². The zero-order chi connectivity index (χ0) is 14.2. The summed E-state index contributed by atoms with van der Waals surface area (Å²) in [6.45, 7) is 3.86. The number of carboxylic acid groups (broad SMARTS) is 1. The van der Waals surface area contributed by atoms with Crippen molar-refractivity contribution < 1.29 is 9.90 Å². The first-order valence-corrected chi connectivity index (χ1v) is 6.30. The molecule has 0 atom stereocenters. The third-order valence-electron chi connectivity index (χ3n) is 2.64. The number of aryl methyl sites for hydroxylation is 2. The van der Waals surface area contributed by atoms with Crippen molar-refractivity contribution in [1.29, 1.82) is 0 Å². The number of carbonyl (C=O) groups is 1. The molecule has 0 saturated heterocycles. The summed E-state index contributed by atoms with van der Waals surface area (Å²) in [6, 6.07) is 5.06. The lowest BCUT2D eigenvalue weighted by molar-refractivity contribution is 0.0687. The molecule has 1 aromatic heterocycles. The Hall–Kier alpha value is -1.95. The van der Waals surface area contributed by atoms with Crippen LogP contribution in [-0.4, -0.2) is 20.9 Å². The van der Waals surface area contributed by atoms with Crippen molar-refractivity contribution in [3.63, 3.8) is 0 Å². The highest BCUT2D eigenvalue weighted by Crippen LogP contribution is 2.25. The van der Waals surface area contributed by atoms with Gasteiger partial charge in [0.25, 0.3) is 0 Å². The predicted octanol–water partition coefficient (Wildman–Crippen LogP) is 2.31. The molecule has 1 N–H and O–H groups in total. The fourth-order valence-corrected chi connectivity index (χ4v) is 2.73. The third kappa shape index (κ3) is 2.58. The summed E-state index contributed by atoms with van der Waals surface area (Å²) in [7, 11) is 0. The summed E-state index contributed by atoms with van der Waals surface area (Å²) in [4.78, 5) is 22.3. The quantitative estimate of drug-likeness (QED) is 0.920. The summed E-state index contributed by atoms with van der Waals surface area (Å²) in [5.74, 6) is -1.33. The maximum Gasteiger partial charge on any atom is 0.360 e. The van der Waals surface area contributed by atoms with Crippen molar-refractivity contribution in [3.8, 4) is 5.69 Å². The van der Waals surface area contributed by atoms with Gasteiger partial charge in [0.1, 0.15) is 0 Å². The largest absolute Gasteiger partial charge is 0.476 e. The monoisotopic (exact) mass is 322 g/mol. The van der Waals surface area contributed by atoms with Crippen LogP contribution in [0.15, 0.2) is 33.7 Å². The molecule has 0 unspecified atom stereocenters. The molecule has 6 heteroatoms. The Morgan fingerprint density at radius 2 is 2.05 bits per heavy atom. The number of aromatic nitrogens is 2. The second-order valence-corrected chi connectivity index (χ2v) is 5.04. The van der Waals surface area contributed by atoms with E-state index in [0.29, 0.717) is 5.69 Å². The third-order valence-corrected chi connectivity index (χ3v) is 3.24. The Bertz CT molecular complexity index is 699. The van der Waals surface area contributed by atoms with Crippen molar-refractivity contribution in [1.82, 2.24) is 9.78 Å². The van der Waals surface area contributed by atoms with Crippen molar-refractivity contribution in [2.75, 3.05) is 0 Å². The number of nitrogens with zero attached hydrogens (tertiary/aromatic N) is 2. The summed E-state index contributed by atoms with van der Waals surface area (Å²) in [5, 5.41) is 12.8. The molecule has 1 heterocycles. The maximum atomic E-state index is 11.4. The van der Waals surface area contributed by atoms with Gasteiger partial charge in [-0.05, 0) is 47.0 Å². The molecule has 0 amide bonds. The predicted molar refractivity (Wildman–Crippen MR) is 74.0 cm³/mol.